The number of carbonyl (C=O) groups is 2. The lowest BCUT2D eigenvalue weighted by molar-refractivity contribution is -0.384. The zero-order valence-electron chi connectivity index (χ0n) is 18.0. The highest BCUT2D eigenvalue weighted by atomic mass is 32.2. The van der Waals surface area contributed by atoms with Gasteiger partial charge in [0.2, 0.25) is 0 Å². The molecule has 0 unspecified atom stereocenters. The van der Waals surface area contributed by atoms with Gasteiger partial charge in [-0.15, -0.1) is 0 Å². The minimum absolute atomic E-state index is 0.0461. The predicted molar refractivity (Wildman–Crippen MR) is 122 cm³/mol. The number of rotatable bonds is 8. The van der Waals surface area contributed by atoms with Crippen LogP contribution >= 0.6 is 0 Å². The van der Waals surface area contributed by atoms with Gasteiger partial charge in [0.25, 0.3) is 15.7 Å². The molecule has 0 bridgehead atoms. The van der Waals surface area contributed by atoms with Crippen molar-refractivity contribution < 1.29 is 37.1 Å². The molecule has 0 amide bonds. The number of nitrogens with one attached hydrogen (secondary N) is 1. The number of nitro benzene ring substituents is 1. The van der Waals surface area contributed by atoms with E-state index in [1.54, 1.807) is 0 Å². The normalized spacial score (nSPS) is 12.5. The Hall–Kier alpha value is -4.45. The quantitative estimate of drug-likeness (QED) is 0.214. The van der Waals surface area contributed by atoms with Crippen LogP contribution in [0.3, 0.4) is 0 Å². The van der Waals surface area contributed by atoms with E-state index in [0.29, 0.717) is 12.4 Å². The monoisotopic (exact) mass is 498 g/mol. The molecule has 12 heteroatoms. The third kappa shape index (κ3) is 5.38. The van der Waals surface area contributed by atoms with Crippen molar-refractivity contribution in [2.24, 2.45) is 0 Å². The number of nitrogens with zero attached hydrogens (tertiary/aromatic N) is 1. The van der Waals surface area contributed by atoms with Gasteiger partial charge in [-0.1, -0.05) is 12.1 Å². The van der Waals surface area contributed by atoms with Crippen LogP contribution < -0.4 is 14.2 Å². The second kappa shape index (κ2) is 9.81. The summed E-state index contributed by atoms with van der Waals surface area (Å²) in [5, 5.41) is 10.7. The number of nitro groups is 1. The Bertz CT molecular complexity index is 1400. The van der Waals surface area contributed by atoms with Crippen molar-refractivity contribution in [3.05, 3.63) is 88.0 Å². The maximum absolute atomic E-state index is 12.9. The number of sulfonamides is 1. The Kier molecular flexibility index (Phi) is 6.64. The Morgan fingerprint density at radius 3 is 2.37 bits per heavy atom. The molecular formula is C23H18N2O9S. The maximum atomic E-state index is 12.9. The zero-order valence-corrected chi connectivity index (χ0v) is 18.8. The average Bonchev–Trinajstić information content (AvgIpc) is 2.87. The third-order valence-electron chi connectivity index (χ3n) is 4.95. The number of benzene rings is 3. The number of fused-ring (bicyclic) bond motifs is 1. The maximum Gasteiger partial charge on any atom is 0.340 e. The summed E-state index contributed by atoms with van der Waals surface area (Å²) in [4.78, 5) is 35.0. The number of Topliss-reactive ketones (excluding diaryl/α,β-unsaturated/α-hetero) is 1. The first-order valence-electron chi connectivity index (χ1n) is 10.2. The van der Waals surface area contributed by atoms with Crippen LogP contribution in [-0.4, -0.2) is 44.9 Å². The number of non-ortho nitro benzene ring substituents is 1. The minimum Gasteiger partial charge on any atom is -0.486 e. The summed E-state index contributed by atoms with van der Waals surface area (Å²) >= 11 is 0. The smallest absolute Gasteiger partial charge is 0.340 e. The molecule has 0 saturated heterocycles. The van der Waals surface area contributed by atoms with Crippen LogP contribution in [0.4, 0.5) is 11.4 Å². The largest absolute Gasteiger partial charge is 0.486 e. The molecule has 1 aliphatic rings. The number of hydrogen-bond acceptors (Lipinski definition) is 9. The number of ketones is 1. The summed E-state index contributed by atoms with van der Waals surface area (Å²) in [5.74, 6) is -0.795. The van der Waals surface area contributed by atoms with E-state index >= 15 is 0 Å². The Morgan fingerprint density at radius 2 is 1.66 bits per heavy atom. The van der Waals surface area contributed by atoms with E-state index in [-0.39, 0.29) is 39.8 Å². The zero-order chi connectivity index (χ0) is 25.0. The molecule has 3 aromatic rings. The van der Waals surface area contributed by atoms with Crippen molar-refractivity contribution in [3.8, 4) is 11.5 Å². The van der Waals surface area contributed by atoms with Crippen LogP contribution in [0.5, 0.6) is 11.5 Å². The first-order chi connectivity index (χ1) is 16.7. The fourth-order valence-corrected chi connectivity index (χ4v) is 4.30. The van der Waals surface area contributed by atoms with E-state index in [4.69, 9.17) is 14.2 Å². The molecular weight excluding hydrogens is 480 g/mol. The van der Waals surface area contributed by atoms with Crippen LogP contribution in [-0.2, 0) is 14.8 Å². The molecule has 0 aromatic heterocycles. The van der Waals surface area contributed by atoms with E-state index in [9.17, 15) is 28.1 Å². The van der Waals surface area contributed by atoms with Crippen LogP contribution in [0.25, 0.3) is 0 Å². The van der Waals surface area contributed by atoms with Crippen LogP contribution in [0, 0.1) is 10.1 Å². The summed E-state index contributed by atoms with van der Waals surface area (Å²) in [6.45, 7) is 0.0105. The lowest BCUT2D eigenvalue weighted by atomic mass is 10.1. The van der Waals surface area contributed by atoms with Gasteiger partial charge in [-0.2, -0.15) is 0 Å². The van der Waals surface area contributed by atoms with Gasteiger partial charge in [0.05, 0.1) is 21.1 Å². The van der Waals surface area contributed by atoms with Gasteiger partial charge in [-0.05, 0) is 36.4 Å². The summed E-state index contributed by atoms with van der Waals surface area (Å²) in [7, 11) is -4.10. The number of esters is 1. The molecule has 1 N–H and O–H groups in total. The van der Waals surface area contributed by atoms with E-state index < -0.39 is 33.3 Å². The van der Waals surface area contributed by atoms with Crippen molar-refractivity contribution >= 4 is 33.2 Å². The van der Waals surface area contributed by atoms with Gasteiger partial charge >= 0.3 is 5.97 Å². The number of carbonyl (C=O) groups excluding carboxylic acids is 2. The highest BCUT2D eigenvalue weighted by Crippen LogP contribution is 2.33. The van der Waals surface area contributed by atoms with Gasteiger partial charge in [-0.3, -0.25) is 19.6 Å². The summed E-state index contributed by atoms with van der Waals surface area (Å²) < 4.78 is 44.1. The molecule has 0 fully saturated rings. The predicted octanol–water partition coefficient (Wildman–Crippen LogP) is 3.21. The van der Waals surface area contributed by atoms with Crippen molar-refractivity contribution in [2.45, 2.75) is 4.90 Å². The van der Waals surface area contributed by atoms with Gasteiger partial charge in [0.15, 0.2) is 23.9 Å². The lowest BCUT2D eigenvalue weighted by Crippen LogP contribution is -2.19. The topological polar surface area (TPSA) is 151 Å². The van der Waals surface area contributed by atoms with E-state index in [0.717, 1.165) is 12.1 Å². The van der Waals surface area contributed by atoms with E-state index in [2.05, 4.69) is 4.72 Å². The van der Waals surface area contributed by atoms with Crippen LogP contribution in [0.1, 0.15) is 20.7 Å². The fourth-order valence-electron chi connectivity index (χ4n) is 3.21. The van der Waals surface area contributed by atoms with Crippen molar-refractivity contribution in [1.82, 2.24) is 0 Å². The SMILES string of the molecule is O=C(COC(=O)c1ccccc1NS(=O)(=O)c1ccc2c(c1)OCCO2)c1ccc([N+](=O)[O-])cc1. The molecule has 3 aromatic carbocycles. The first kappa shape index (κ1) is 23.7. The number of ether oxygens (including phenoxy) is 3. The highest BCUT2D eigenvalue weighted by Gasteiger charge is 2.23. The second-order valence-electron chi connectivity index (χ2n) is 7.26. The lowest BCUT2D eigenvalue weighted by Gasteiger charge is -2.19. The van der Waals surface area contributed by atoms with Crippen LogP contribution in [0.2, 0.25) is 0 Å². The van der Waals surface area contributed by atoms with Gasteiger partial charge in [-0.25, -0.2) is 13.2 Å². The summed E-state index contributed by atoms with van der Waals surface area (Å²) in [5.41, 5.74) is -0.214. The first-order valence-corrected chi connectivity index (χ1v) is 11.7. The van der Waals surface area contributed by atoms with E-state index in [1.165, 1.54) is 54.6 Å². The number of hydrogen-bond donors (Lipinski definition) is 1. The van der Waals surface area contributed by atoms with Crippen LogP contribution in [0.15, 0.2) is 71.6 Å². The standard InChI is InChI=1S/C23H18N2O9S/c26-20(15-5-7-16(8-6-15)25(28)29)14-34-23(27)18-3-1-2-4-19(18)24-35(30,31)17-9-10-21-22(13-17)33-12-11-32-21/h1-10,13,24H,11-12,14H2. The average molecular weight is 498 g/mol. The van der Waals surface area contributed by atoms with Crippen molar-refractivity contribution in [1.29, 1.82) is 0 Å². The molecule has 180 valence electrons. The summed E-state index contributed by atoms with van der Waals surface area (Å²) in [6.07, 6.45) is 0. The highest BCUT2D eigenvalue weighted by molar-refractivity contribution is 7.92. The Balaban J connectivity index is 1.47. The molecule has 0 aliphatic carbocycles. The molecule has 4 rings (SSSR count). The second-order valence-corrected chi connectivity index (χ2v) is 8.94. The minimum atomic E-state index is -4.10. The number of para-hydroxylation sites is 1. The molecule has 0 saturated carbocycles. The molecule has 1 heterocycles. The summed E-state index contributed by atoms with van der Waals surface area (Å²) in [6, 6.07) is 14.7. The van der Waals surface area contributed by atoms with Gasteiger partial charge in [0.1, 0.15) is 13.2 Å². The molecule has 35 heavy (non-hydrogen) atoms. The van der Waals surface area contributed by atoms with Gasteiger partial charge < -0.3 is 14.2 Å². The Labute approximate surface area is 199 Å². The fraction of sp³-hybridized carbons (Fsp3) is 0.130. The number of anilines is 1. The van der Waals surface area contributed by atoms with Gasteiger partial charge in [0, 0.05) is 23.8 Å². The molecule has 11 nitrogen and oxygen atoms in total. The Morgan fingerprint density at radius 1 is 0.971 bits per heavy atom. The van der Waals surface area contributed by atoms with E-state index in [1.807, 2.05) is 0 Å². The molecule has 1 aliphatic heterocycles. The molecule has 0 spiro atoms. The van der Waals surface area contributed by atoms with Crippen molar-refractivity contribution in [3.63, 3.8) is 0 Å². The van der Waals surface area contributed by atoms with Crippen molar-refractivity contribution in [2.75, 3.05) is 24.5 Å². The molecule has 0 radical (unpaired) electrons. The molecule has 0 atom stereocenters. The third-order valence-corrected chi connectivity index (χ3v) is 6.31.